The number of carbonyl (C=O) groups is 2. The number of fused-ring (bicyclic) bond motifs is 3. The molecule has 0 aromatic heterocycles. The molecule has 92 valence electrons. The largest absolute Gasteiger partial charge is 0.392 e. The lowest BCUT2D eigenvalue weighted by atomic mass is 9.75. The number of esters is 2. The summed E-state index contributed by atoms with van der Waals surface area (Å²) in [5.74, 6) is -1.87. The van der Waals surface area contributed by atoms with Crippen LogP contribution in [0.2, 0.25) is 0 Å². The van der Waals surface area contributed by atoms with Crippen molar-refractivity contribution in [2.24, 2.45) is 11.8 Å². The zero-order valence-corrected chi connectivity index (χ0v) is 9.26. The van der Waals surface area contributed by atoms with Crippen molar-refractivity contribution in [2.45, 2.75) is 37.9 Å². The first-order valence-electron chi connectivity index (χ1n) is 5.95. The van der Waals surface area contributed by atoms with Gasteiger partial charge in [-0.2, -0.15) is 0 Å². The highest BCUT2D eigenvalue weighted by Gasteiger charge is 2.48. The molecular weight excluding hydrogens is 224 g/mol. The minimum Gasteiger partial charge on any atom is -0.392 e. The van der Waals surface area contributed by atoms with Crippen molar-refractivity contribution in [3.8, 4) is 0 Å². The molecule has 17 heavy (non-hydrogen) atoms. The molecule has 5 heteroatoms. The number of hydrogen-bond acceptors (Lipinski definition) is 5. The normalized spacial score (nSPS) is 41.1. The number of hydrogen-bond donors (Lipinski definition) is 2. The average Bonchev–Trinajstić information content (AvgIpc) is 2.53. The van der Waals surface area contributed by atoms with Crippen LogP contribution >= 0.6 is 0 Å². The highest BCUT2D eigenvalue weighted by atomic mass is 16.6. The third kappa shape index (κ3) is 1.46. The Morgan fingerprint density at radius 3 is 2.65 bits per heavy atom. The Morgan fingerprint density at radius 2 is 1.88 bits per heavy atom. The molecule has 0 aromatic rings. The summed E-state index contributed by atoms with van der Waals surface area (Å²) in [5, 5.41) is 20.2. The van der Waals surface area contributed by atoms with Crippen LogP contribution in [-0.4, -0.2) is 34.4 Å². The first kappa shape index (κ1) is 10.9. The van der Waals surface area contributed by atoms with Gasteiger partial charge in [-0.1, -0.05) is 6.42 Å². The molecule has 5 nitrogen and oxygen atoms in total. The third-order valence-corrected chi connectivity index (χ3v) is 4.16. The summed E-state index contributed by atoms with van der Waals surface area (Å²) in [7, 11) is 0. The predicted octanol–water partition coefficient (Wildman–Crippen LogP) is -0.0918. The van der Waals surface area contributed by atoms with E-state index < -0.39 is 24.1 Å². The molecule has 4 atom stereocenters. The van der Waals surface area contributed by atoms with Gasteiger partial charge in [0.05, 0.1) is 23.4 Å². The van der Waals surface area contributed by atoms with E-state index in [2.05, 4.69) is 4.74 Å². The smallest absolute Gasteiger partial charge is 0.342 e. The van der Waals surface area contributed by atoms with Crippen LogP contribution in [0.3, 0.4) is 0 Å². The molecule has 3 rings (SSSR count). The summed E-state index contributed by atoms with van der Waals surface area (Å²) in [5.41, 5.74) is 0.583. The summed E-state index contributed by atoms with van der Waals surface area (Å²) >= 11 is 0. The van der Waals surface area contributed by atoms with Crippen LogP contribution in [0.5, 0.6) is 0 Å². The van der Waals surface area contributed by atoms with E-state index in [0.717, 1.165) is 12.8 Å². The van der Waals surface area contributed by atoms with Crippen LogP contribution in [0.15, 0.2) is 11.1 Å². The molecule has 1 fully saturated rings. The molecule has 1 aliphatic heterocycles. The van der Waals surface area contributed by atoms with Crippen molar-refractivity contribution in [3.63, 3.8) is 0 Å². The van der Waals surface area contributed by atoms with Crippen molar-refractivity contribution in [3.05, 3.63) is 11.1 Å². The number of carbonyl (C=O) groups excluding carboxylic acids is 2. The monoisotopic (exact) mass is 238 g/mol. The fraction of sp³-hybridized carbons (Fsp3) is 0.667. The Balaban J connectivity index is 2.09. The summed E-state index contributed by atoms with van der Waals surface area (Å²) in [4.78, 5) is 23.1. The van der Waals surface area contributed by atoms with Crippen LogP contribution in [0.25, 0.3) is 0 Å². The fourth-order valence-electron chi connectivity index (χ4n) is 3.31. The zero-order valence-electron chi connectivity index (χ0n) is 9.26. The molecule has 0 saturated heterocycles. The number of cyclic esters (lactones) is 2. The van der Waals surface area contributed by atoms with E-state index in [9.17, 15) is 19.8 Å². The highest BCUT2D eigenvalue weighted by molar-refractivity contribution is 6.12. The van der Waals surface area contributed by atoms with Crippen LogP contribution in [0, 0.1) is 11.8 Å². The van der Waals surface area contributed by atoms with Crippen molar-refractivity contribution in [1.29, 1.82) is 0 Å². The SMILES string of the molecule is O=C1OC(=O)C2=C1C[C@@H](O)[C@H]1CCC[C@@H]2[C@H]1O. The van der Waals surface area contributed by atoms with Gasteiger partial charge in [0.2, 0.25) is 0 Å². The topological polar surface area (TPSA) is 83.8 Å². The molecular formula is C12H14O5. The van der Waals surface area contributed by atoms with Gasteiger partial charge in [-0.3, -0.25) is 0 Å². The van der Waals surface area contributed by atoms with Gasteiger partial charge in [0.25, 0.3) is 0 Å². The van der Waals surface area contributed by atoms with Crippen molar-refractivity contribution in [2.75, 3.05) is 0 Å². The van der Waals surface area contributed by atoms with E-state index in [0.29, 0.717) is 12.0 Å². The quantitative estimate of drug-likeness (QED) is 0.455. The maximum Gasteiger partial charge on any atom is 0.342 e. The van der Waals surface area contributed by atoms with Gasteiger partial charge >= 0.3 is 11.9 Å². The van der Waals surface area contributed by atoms with Gasteiger partial charge in [0.1, 0.15) is 0 Å². The lowest BCUT2D eigenvalue weighted by Crippen LogP contribution is -2.40. The van der Waals surface area contributed by atoms with Gasteiger partial charge in [-0.05, 0) is 12.8 Å². The van der Waals surface area contributed by atoms with E-state index in [4.69, 9.17) is 0 Å². The van der Waals surface area contributed by atoms with E-state index in [1.165, 1.54) is 0 Å². The average molecular weight is 238 g/mol. The Labute approximate surface area is 98.1 Å². The molecule has 1 saturated carbocycles. The van der Waals surface area contributed by atoms with Gasteiger partial charge in [-0.15, -0.1) is 0 Å². The lowest BCUT2D eigenvalue weighted by molar-refractivity contribution is -0.152. The molecule has 3 aliphatic rings. The summed E-state index contributed by atoms with van der Waals surface area (Å²) in [6.07, 6.45) is 0.872. The molecule has 2 N–H and O–H groups in total. The minimum atomic E-state index is -0.765. The number of rotatable bonds is 0. The minimum absolute atomic E-state index is 0.123. The van der Waals surface area contributed by atoms with Gasteiger partial charge in [0.15, 0.2) is 0 Å². The molecule has 0 unspecified atom stereocenters. The van der Waals surface area contributed by atoms with E-state index in [1.54, 1.807) is 0 Å². The van der Waals surface area contributed by atoms with E-state index in [-0.39, 0.29) is 23.8 Å². The summed E-state index contributed by atoms with van der Waals surface area (Å²) in [6, 6.07) is 0. The van der Waals surface area contributed by atoms with Gasteiger partial charge in [-0.25, -0.2) is 9.59 Å². The second kappa shape index (κ2) is 3.65. The molecule has 2 bridgehead atoms. The van der Waals surface area contributed by atoms with Crippen molar-refractivity contribution >= 4 is 11.9 Å². The number of aliphatic hydroxyl groups excluding tert-OH is 2. The first-order valence-corrected chi connectivity index (χ1v) is 5.95. The number of aliphatic hydroxyl groups is 2. The Morgan fingerprint density at radius 1 is 1.12 bits per heavy atom. The van der Waals surface area contributed by atoms with Gasteiger partial charge in [0, 0.05) is 18.3 Å². The van der Waals surface area contributed by atoms with Crippen LogP contribution in [0.1, 0.15) is 25.7 Å². The number of ether oxygens (including phenoxy) is 1. The third-order valence-electron chi connectivity index (χ3n) is 4.16. The Kier molecular flexibility index (Phi) is 2.34. The Bertz CT molecular complexity index is 425. The van der Waals surface area contributed by atoms with Crippen LogP contribution in [0.4, 0.5) is 0 Å². The molecule has 0 radical (unpaired) electrons. The summed E-state index contributed by atoms with van der Waals surface area (Å²) < 4.78 is 4.58. The predicted molar refractivity (Wildman–Crippen MR) is 55.6 cm³/mol. The first-order chi connectivity index (χ1) is 8.09. The zero-order chi connectivity index (χ0) is 12.2. The highest BCUT2D eigenvalue weighted by Crippen LogP contribution is 2.44. The molecule has 2 aliphatic carbocycles. The Hall–Kier alpha value is -1.20. The maximum absolute atomic E-state index is 11.6. The van der Waals surface area contributed by atoms with E-state index >= 15 is 0 Å². The lowest BCUT2D eigenvalue weighted by Gasteiger charge is -2.35. The van der Waals surface area contributed by atoms with Gasteiger partial charge < -0.3 is 14.9 Å². The molecule has 0 amide bonds. The standard InChI is InChI=1S/C12H14O5/c13-8-4-7-9(12(16)17-11(7)15)6-3-1-2-5(8)10(6)14/h5-6,8,10,13-14H,1-4H2/t5-,6+,8-,10+/m1/s1. The maximum atomic E-state index is 11.6. The molecule has 0 aromatic carbocycles. The van der Waals surface area contributed by atoms with E-state index in [1.807, 2.05) is 0 Å². The molecule has 0 spiro atoms. The van der Waals surface area contributed by atoms with Crippen LogP contribution < -0.4 is 0 Å². The fourth-order valence-corrected chi connectivity index (χ4v) is 3.31. The summed E-state index contributed by atoms with van der Waals surface area (Å²) in [6.45, 7) is 0. The van der Waals surface area contributed by atoms with Crippen molar-refractivity contribution < 1.29 is 24.5 Å². The van der Waals surface area contributed by atoms with Crippen molar-refractivity contribution in [1.82, 2.24) is 0 Å². The molecule has 1 heterocycles. The second-order valence-corrected chi connectivity index (χ2v) is 5.03. The second-order valence-electron chi connectivity index (χ2n) is 5.03. The van der Waals surface area contributed by atoms with Crippen LogP contribution in [-0.2, 0) is 14.3 Å².